The van der Waals surface area contributed by atoms with E-state index in [2.05, 4.69) is 15.5 Å². The van der Waals surface area contributed by atoms with Crippen LogP contribution in [-0.4, -0.2) is 52.5 Å². The van der Waals surface area contributed by atoms with Crippen molar-refractivity contribution in [3.63, 3.8) is 0 Å². The van der Waals surface area contributed by atoms with Crippen molar-refractivity contribution < 1.29 is 14.1 Å². The van der Waals surface area contributed by atoms with E-state index in [0.717, 1.165) is 12.8 Å². The van der Waals surface area contributed by atoms with Crippen molar-refractivity contribution in [1.82, 2.24) is 20.4 Å². The molecule has 1 unspecified atom stereocenters. The van der Waals surface area contributed by atoms with Crippen molar-refractivity contribution in [1.29, 1.82) is 0 Å². The fraction of sp³-hybridized carbons (Fsp3) is 0.750. The molecule has 0 saturated carbocycles. The zero-order chi connectivity index (χ0) is 17.7. The van der Waals surface area contributed by atoms with Gasteiger partial charge in [-0.1, -0.05) is 19.0 Å². The summed E-state index contributed by atoms with van der Waals surface area (Å²) in [4.78, 5) is 30.2. The summed E-state index contributed by atoms with van der Waals surface area (Å²) in [6.45, 7) is 6.87. The Hall–Kier alpha value is -1.96. The largest absolute Gasteiger partial charge is 0.346 e. The average molecular weight is 337 g/mol. The number of carbonyl (C=O) groups is 2. The van der Waals surface area contributed by atoms with Gasteiger partial charge in [0.1, 0.15) is 0 Å². The SMILES string of the molecule is Cc1nc(CC2CCCN(C(=O)CNC(=O)[C@@H](N)C(C)C)C2)no1. The molecule has 0 aliphatic carbocycles. The maximum atomic E-state index is 12.3. The molecule has 24 heavy (non-hydrogen) atoms. The number of likely N-dealkylation sites (tertiary alicyclic amines) is 1. The number of hydrogen-bond acceptors (Lipinski definition) is 6. The van der Waals surface area contributed by atoms with Crippen LogP contribution >= 0.6 is 0 Å². The summed E-state index contributed by atoms with van der Waals surface area (Å²) in [7, 11) is 0. The third-order valence-corrected chi connectivity index (χ3v) is 4.35. The molecule has 3 N–H and O–H groups in total. The molecule has 1 aliphatic rings. The number of nitrogens with two attached hydrogens (primary N) is 1. The molecule has 8 heteroatoms. The van der Waals surface area contributed by atoms with Crippen molar-refractivity contribution >= 4 is 11.8 Å². The lowest BCUT2D eigenvalue weighted by atomic mass is 9.94. The summed E-state index contributed by atoms with van der Waals surface area (Å²) in [5.74, 6) is 1.23. The molecule has 1 aliphatic heterocycles. The predicted octanol–water partition coefficient (Wildman–Crippen LogP) is 0.259. The Labute approximate surface area is 142 Å². The lowest BCUT2D eigenvalue weighted by molar-refractivity contribution is -0.134. The second-order valence-electron chi connectivity index (χ2n) is 6.77. The van der Waals surface area contributed by atoms with Crippen molar-refractivity contribution in [2.75, 3.05) is 19.6 Å². The summed E-state index contributed by atoms with van der Waals surface area (Å²) < 4.78 is 4.99. The number of amides is 2. The number of carbonyl (C=O) groups excluding carboxylic acids is 2. The number of aromatic nitrogens is 2. The van der Waals surface area contributed by atoms with Gasteiger partial charge in [0.2, 0.25) is 17.7 Å². The Morgan fingerprint density at radius 3 is 2.83 bits per heavy atom. The van der Waals surface area contributed by atoms with Gasteiger partial charge < -0.3 is 20.5 Å². The molecule has 2 rings (SSSR count). The molecule has 0 radical (unpaired) electrons. The van der Waals surface area contributed by atoms with Gasteiger partial charge in [0.25, 0.3) is 0 Å². The highest BCUT2D eigenvalue weighted by molar-refractivity contribution is 5.87. The highest BCUT2D eigenvalue weighted by Gasteiger charge is 2.26. The maximum absolute atomic E-state index is 12.3. The second-order valence-corrected chi connectivity index (χ2v) is 6.77. The Balaban J connectivity index is 1.80. The first-order valence-corrected chi connectivity index (χ1v) is 8.47. The number of hydrogen-bond donors (Lipinski definition) is 2. The monoisotopic (exact) mass is 337 g/mol. The first-order chi connectivity index (χ1) is 11.4. The minimum Gasteiger partial charge on any atom is -0.346 e. The summed E-state index contributed by atoms with van der Waals surface area (Å²) in [6, 6.07) is -0.589. The molecular weight excluding hydrogens is 310 g/mol. The quantitative estimate of drug-likeness (QED) is 0.769. The first-order valence-electron chi connectivity index (χ1n) is 8.47. The summed E-state index contributed by atoms with van der Waals surface area (Å²) in [5, 5.41) is 6.55. The predicted molar refractivity (Wildman–Crippen MR) is 87.9 cm³/mol. The van der Waals surface area contributed by atoms with Gasteiger partial charge in [0.15, 0.2) is 5.82 Å². The van der Waals surface area contributed by atoms with Crippen LogP contribution in [0.3, 0.4) is 0 Å². The van der Waals surface area contributed by atoms with Gasteiger partial charge in [0.05, 0.1) is 12.6 Å². The Kier molecular flexibility index (Phi) is 6.30. The summed E-state index contributed by atoms with van der Waals surface area (Å²) >= 11 is 0. The zero-order valence-corrected chi connectivity index (χ0v) is 14.6. The Morgan fingerprint density at radius 1 is 1.46 bits per heavy atom. The summed E-state index contributed by atoms with van der Waals surface area (Å²) in [6.07, 6.45) is 2.67. The number of aryl methyl sites for hydroxylation is 1. The smallest absolute Gasteiger partial charge is 0.241 e. The molecule has 1 aromatic heterocycles. The van der Waals surface area contributed by atoms with E-state index in [1.54, 1.807) is 11.8 Å². The van der Waals surface area contributed by atoms with Gasteiger partial charge in [-0.05, 0) is 24.7 Å². The van der Waals surface area contributed by atoms with Gasteiger partial charge in [-0.2, -0.15) is 4.98 Å². The fourth-order valence-corrected chi connectivity index (χ4v) is 2.84. The van der Waals surface area contributed by atoms with Crippen LogP contribution < -0.4 is 11.1 Å². The highest BCUT2D eigenvalue weighted by atomic mass is 16.5. The van der Waals surface area contributed by atoms with Crippen molar-refractivity contribution in [3.8, 4) is 0 Å². The molecule has 134 valence electrons. The standard InChI is InChI=1S/C16H27N5O3/c1-10(2)15(17)16(23)18-8-14(22)21-6-4-5-12(9-21)7-13-19-11(3)24-20-13/h10,12,15H,4-9,17H2,1-3H3,(H,18,23)/t12?,15-/m0/s1. The number of rotatable bonds is 6. The fourth-order valence-electron chi connectivity index (χ4n) is 2.84. The van der Waals surface area contributed by atoms with Gasteiger partial charge in [-0.3, -0.25) is 9.59 Å². The molecule has 0 spiro atoms. The van der Waals surface area contributed by atoms with Gasteiger partial charge in [0, 0.05) is 26.4 Å². The Morgan fingerprint density at radius 2 is 2.21 bits per heavy atom. The summed E-state index contributed by atoms with van der Waals surface area (Å²) in [5.41, 5.74) is 5.77. The van der Waals surface area contributed by atoms with E-state index in [9.17, 15) is 9.59 Å². The molecule has 2 amide bonds. The maximum Gasteiger partial charge on any atom is 0.241 e. The van der Waals surface area contributed by atoms with Crippen molar-refractivity contribution in [2.45, 2.75) is 46.1 Å². The lowest BCUT2D eigenvalue weighted by Crippen LogP contribution is -2.49. The topological polar surface area (TPSA) is 114 Å². The highest BCUT2D eigenvalue weighted by Crippen LogP contribution is 2.19. The van der Waals surface area contributed by atoms with E-state index >= 15 is 0 Å². The number of piperidine rings is 1. The van der Waals surface area contributed by atoms with Crippen LogP contribution in [0, 0.1) is 18.8 Å². The Bertz CT molecular complexity index is 572. The van der Waals surface area contributed by atoms with E-state index < -0.39 is 6.04 Å². The van der Waals surface area contributed by atoms with E-state index in [1.165, 1.54) is 0 Å². The number of nitrogens with one attached hydrogen (secondary N) is 1. The lowest BCUT2D eigenvalue weighted by Gasteiger charge is -2.32. The average Bonchev–Trinajstić information content (AvgIpc) is 2.96. The molecular formula is C16H27N5O3. The van der Waals surface area contributed by atoms with E-state index in [4.69, 9.17) is 10.3 Å². The van der Waals surface area contributed by atoms with Gasteiger partial charge in [-0.15, -0.1) is 0 Å². The minimum absolute atomic E-state index is 0.00665. The first kappa shape index (κ1) is 18.4. The zero-order valence-electron chi connectivity index (χ0n) is 14.6. The van der Waals surface area contributed by atoms with Crippen LogP contribution in [0.5, 0.6) is 0 Å². The molecule has 2 heterocycles. The molecule has 1 saturated heterocycles. The molecule has 0 bridgehead atoms. The van der Waals surface area contributed by atoms with E-state index in [0.29, 0.717) is 37.1 Å². The third-order valence-electron chi connectivity index (χ3n) is 4.35. The van der Waals surface area contributed by atoms with E-state index in [-0.39, 0.29) is 24.3 Å². The van der Waals surface area contributed by atoms with Crippen LogP contribution in [-0.2, 0) is 16.0 Å². The van der Waals surface area contributed by atoms with Crippen LogP contribution in [0.1, 0.15) is 38.4 Å². The van der Waals surface area contributed by atoms with Gasteiger partial charge in [-0.25, -0.2) is 0 Å². The van der Waals surface area contributed by atoms with Crippen LogP contribution in [0.25, 0.3) is 0 Å². The van der Waals surface area contributed by atoms with Crippen molar-refractivity contribution in [2.24, 2.45) is 17.6 Å². The molecule has 2 atom stereocenters. The minimum atomic E-state index is -0.589. The van der Waals surface area contributed by atoms with Crippen LogP contribution in [0.15, 0.2) is 4.52 Å². The molecule has 1 fully saturated rings. The van der Waals surface area contributed by atoms with Crippen LogP contribution in [0.2, 0.25) is 0 Å². The van der Waals surface area contributed by atoms with E-state index in [1.807, 2.05) is 13.8 Å². The van der Waals surface area contributed by atoms with Crippen molar-refractivity contribution in [3.05, 3.63) is 11.7 Å². The van der Waals surface area contributed by atoms with Gasteiger partial charge >= 0.3 is 0 Å². The normalized spacial score (nSPS) is 19.4. The number of nitrogens with zero attached hydrogens (tertiary/aromatic N) is 3. The third kappa shape index (κ3) is 5.02. The molecule has 8 nitrogen and oxygen atoms in total. The van der Waals surface area contributed by atoms with Crippen LogP contribution in [0.4, 0.5) is 0 Å². The molecule has 0 aromatic carbocycles. The second kappa shape index (κ2) is 8.23. The molecule has 1 aromatic rings.